The summed E-state index contributed by atoms with van der Waals surface area (Å²) in [5.74, 6) is -1.28. The Bertz CT molecular complexity index is 1050. The number of para-hydroxylation sites is 1. The van der Waals surface area contributed by atoms with Gasteiger partial charge in [-0.2, -0.15) is 0 Å². The molecule has 0 aliphatic carbocycles. The molecule has 0 bridgehead atoms. The molecular weight excluding hydrogens is 328 g/mol. The van der Waals surface area contributed by atoms with Gasteiger partial charge >= 0.3 is 11.9 Å². The van der Waals surface area contributed by atoms with Crippen LogP contribution in [0.5, 0.6) is 0 Å². The van der Waals surface area contributed by atoms with Crippen LogP contribution in [-0.2, 0) is 25.6 Å². The third-order valence-electron chi connectivity index (χ3n) is 4.05. The summed E-state index contributed by atoms with van der Waals surface area (Å²) < 4.78 is 16.7. The predicted octanol–water partition coefficient (Wildman–Crippen LogP) is 1.39. The zero-order valence-electron chi connectivity index (χ0n) is 13.3. The molecule has 128 valence electrons. The SMILES string of the molecule is C[C@@H]1C[C@H](OC(=O)Cn2cnc3c(oc4ccccc43)c2=O)C(=O)O1. The summed E-state index contributed by atoms with van der Waals surface area (Å²) in [4.78, 5) is 40.3. The van der Waals surface area contributed by atoms with Crippen LogP contribution in [0.4, 0.5) is 0 Å². The largest absolute Gasteiger partial charge is 0.460 e. The Morgan fingerprint density at radius 1 is 1.36 bits per heavy atom. The van der Waals surface area contributed by atoms with E-state index in [1.54, 1.807) is 25.1 Å². The molecule has 2 aromatic heterocycles. The van der Waals surface area contributed by atoms with Crippen LogP contribution in [0.2, 0.25) is 0 Å². The van der Waals surface area contributed by atoms with Gasteiger partial charge in [-0.15, -0.1) is 0 Å². The van der Waals surface area contributed by atoms with Crippen molar-refractivity contribution in [1.82, 2.24) is 9.55 Å². The Morgan fingerprint density at radius 2 is 2.16 bits per heavy atom. The molecule has 1 fully saturated rings. The minimum absolute atomic E-state index is 0.0744. The van der Waals surface area contributed by atoms with Crippen molar-refractivity contribution >= 4 is 34.0 Å². The maximum absolute atomic E-state index is 12.5. The molecule has 0 N–H and O–H groups in total. The van der Waals surface area contributed by atoms with Gasteiger partial charge in [0.2, 0.25) is 11.7 Å². The van der Waals surface area contributed by atoms with Crippen LogP contribution in [0.25, 0.3) is 22.1 Å². The normalized spacial score (nSPS) is 20.1. The summed E-state index contributed by atoms with van der Waals surface area (Å²) >= 11 is 0. The van der Waals surface area contributed by atoms with Crippen molar-refractivity contribution in [3.05, 3.63) is 40.9 Å². The molecule has 3 aromatic rings. The summed E-state index contributed by atoms with van der Waals surface area (Å²) in [5, 5.41) is 0.729. The highest BCUT2D eigenvalue weighted by molar-refractivity contribution is 6.01. The van der Waals surface area contributed by atoms with Crippen LogP contribution >= 0.6 is 0 Å². The topological polar surface area (TPSA) is 101 Å². The van der Waals surface area contributed by atoms with Crippen molar-refractivity contribution in [2.75, 3.05) is 0 Å². The second kappa shape index (κ2) is 5.73. The van der Waals surface area contributed by atoms with E-state index in [0.29, 0.717) is 17.5 Å². The predicted molar refractivity (Wildman–Crippen MR) is 85.8 cm³/mol. The van der Waals surface area contributed by atoms with E-state index in [9.17, 15) is 14.4 Å². The molecule has 25 heavy (non-hydrogen) atoms. The number of hydrogen-bond acceptors (Lipinski definition) is 7. The molecule has 0 unspecified atom stereocenters. The molecule has 0 amide bonds. The maximum Gasteiger partial charge on any atom is 0.347 e. The second-order valence-corrected chi connectivity index (χ2v) is 5.92. The van der Waals surface area contributed by atoms with Crippen molar-refractivity contribution in [2.24, 2.45) is 0 Å². The van der Waals surface area contributed by atoms with E-state index in [1.165, 1.54) is 6.33 Å². The van der Waals surface area contributed by atoms with Crippen LogP contribution < -0.4 is 5.56 Å². The van der Waals surface area contributed by atoms with E-state index in [1.807, 2.05) is 6.07 Å². The third-order valence-corrected chi connectivity index (χ3v) is 4.05. The number of esters is 2. The van der Waals surface area contributed by atoms with Crippen LogP contribution in [-0.4, -0.2) is 33.7 Å². The minimum atomic E-state index is -0.930. The Labute approximate surface area is 140 Å². The van der Waals surface area contributed by atoms with Crippen molar-refractivity contribution in [3.8, 4) is 0 Å². The Morgan fingerprint density at radius 3 is 2.92 bits per heavy atom. The van der Waals surface area contributed by atoms with E-state index in [-0.39, 0.29) is 18.2 Å². The van der Waals surface area contributed by atoms with Crippen molar-refractivity contribution in [1.29, 1.82) is 0 Å². The molecule has 2 atom stereocenters. The van der Waals surface area contributed by atoms with Gasteiger partial charge in [-0.05, 0) is 19.1 Å². The van der Waals surface area contributed by atoms with Gasteiger partial charge in [0.25, 0.3) is 5.56 Å². The molecule has 1 aliphatic rings. The van der Waals surface area contributed by atoms with Gasteiger partial charge in [-0.25, -0.2) is 9.78 Å². The molecule has 0 saturated carbocycles. The summed E-state index contributed by atoms with van der Waals surface area (Å²) in [6.45, 7) is 1.35. The quantitative estimate of drug-likeness (QED) is 0.663. The Kier molecular flexibility index (Phi) is 3.52. The molecule has 0 spiro atoms. The summed E-state index contributed by atoms with van der Waals surface area (Å²) in [6.07, 6.45) is 0.353. The monoisotopic (exact) mass is 342 g/mol. The molecule has 0 radical (unpaired) electrons. The number of benzene rings is 1. The van der Waals surface area contributed by atoms with Gasteiger partial charge in [0.15, 0.2) is 0 Å². The highest BCUT2D eigenvalue weighted by Crippen LogP contribution is 2.24. The number of ether oxygens (including phenoxy) is 2. The van der Waals surface area contributed by atoms with Crippen LogP contribution in [0.15, 0.2) is 39.8 Å². The summed E-state index contributed by atoms with van der Waals surface area (Å²) in [6, 6.07) is 7.16. The molecule has 3 heterocycles. The molecule has 8 heteroatoms. The average molecular weight is 342 g/mol. The first-order valence-corrected chi connectivity index (χ1v) is 7.79. The lowest BCUT2D eigenvalue weighted by molar-refractivity contribution is -0.161. The minimum Gasteiger partial charge on any atom is -0.460 e. The number of hydrogen-bond donors (Lipinski definition) is 0. The summed E-state index contributed by atoms with van der Waals surface area (Å²) in [7, 11) is 0. The number of aromatic nitrogens is 2. The standard InChI is InChI=1S/C17H14N2O6/c1-9-6-12(17(22)23-9)24-13(20)7-19-8-18-14-10-4-2-3-5-11(10)25-15(14)16(19)21/h2-5,8-9,12H,6-7H2,1H3/t9-,12+/m1/s1. The molecule has 4 rings (SSSR count). The highest BCUT2D eigenvalue weighted by atomic mass is 16.6. The van der Waals surface area contributed by atoms with E-state index in [0.717, 1.165) is 9.95 Å². The van der Waals surface area contributed by atoms with Gasteiger partial charge in [0, 0.05) is 11.8 Å². The number of furan rings is 1. The average Bonchev–Trinajstić information content (AvgIpc) is 3.10. The number of carbonyl (C=O) groups is 2. The van der Waals surface area contributed by atoms with Gasteiger partial charge in [-0.3, -0.25) is 14.2 Å². The Balaban J connectivity index is 1.60. The first kappa shape index (κ1) is 15.4. The lowest BCUT2D eigenvalue weighted by Gasteiger charge is -2.09. The van der Waals surface area contributed by atoms with Crippen molar-refractivity contribution in [3.63, 3.8) is 0 Å². The van der Waals surface area contributed by atoms with E-state index in [4.69, 9.17) is 13.9 Å². The highest BCUT2D eigenvalue weighted by Gasteiger charge is 2.35. The van der Waals surface area contributed by atoms with Crippen molar-refractivity contribution < 1.29 is 23.5 Å². The zero-order valence-corrected chi connectivity index (χ0v) is 13.3. The maximum atomic E-state index is 12.5. The summed E-state index contributed by atoms with van der Waals surface area (Å²) in [5.41, 5.74) is 0.578. The number of fused-ring (bicyclic) bond motifs is 3. The molecule has 1 aliphatic heterocycles. The van der Waals surface area contributed by atoms with E-state index >= 15 is 0 Å². The number of carbonyl (C=O) groups excluding carboxylic acids is 2. The number of rotatable bonds is 3. The molecule has 8 nitrogen and oxygen atoms in total. The third kappa shape index (κ3) is 2.65. The number of nitrogens with zero attached hydrogens (tertiary/aromatic N) is 2. The number of cyclic esters (lactones) is 1. The van der Waals surface area contributed by atoms with Crippen molar-refractivity contribution in [2.45, 2.75) is 32.1 Å². The van der Waals surface area contributed by atoms with E-state index in [2.05, 4.69) is 4.98 Å². The lowest BCUT2D eigenvalue weighted by Crippen LogP contribution is -2.29. The fourth-order valence-electron chi connectivity index (χ4n) is 2.88. The van der Waals surface area contributed by atoms with E-state index < -0.39 is 23.6 Å². The fourth-order valence-corrected chi connectivity index (χ4v) is 2.88. The zero-order chi connectivity index (χ0) is 17.6. The van der Waals surface area contributed by atoms with Gasteiger partial charge in [-0.1, -0.05) is 12.1 Å². The first-order chi connectivity index (χ1) is 12.0. The van der Waals surface area contributed by atoms with Gasteiger partial charge in [0.05, 0.1) is 6.33 Å². The smallest absolute Gasteiger partial charge is 0.347 e. The first-order valence-electron chi connectivity index (χ1n) is 7.79. The lowest BCUT2D eigenvalue weighted by atomic mass is 10.2. The molecule has 1 saturated heterocycles. The fraction of sp³-hybridized carbons (Fsp3) is 0.294. The van der Waals surface area contributed by atoms with Crippen LogP contribution in [0.1, 0.15) is 13.3 Å². The van der Waals surface area contributed by atoms with Gasteiger partial charge in [0.1, 0.15) is 23.7 Å². The van der Waals surface area contributed by atoms with Crippen LogP contribution in [0, 0.1) is 0 Å². The second-order valence-electron chi connectivity index (χ2n) is 5.92. The molecular formula is C17H14N2O6. The van der Waals surface area contributed by atoms with Crippen LogP contribution in [0.3, 0.4) is 0 Å². The van der Waals surface area contributed by atoms with Gasteiger partial charge < -0.3 is 13.9 Å². The molecule has 1 aromatic carbocycles. The Hall–Kier alpha value is -3.16.